The van der Waals surface area contributed by atoms with E-state index in [2.05, 4.69) is 15.6 Å². The van der Waals surface area contributed by atoms with Gasteiger partial charge in [-0.05, 0) is 37.3 Å². The Labute approximate surface area is 132 Å². The Bertz CT molecular complexity index is 901. The minimum Gasteiger partial charge on any atom is -0.454 e. The number of carbonyl (C=O) groups is 1. The van der Waals surface area contributed by atoms with Crippen LogP contribution in [-0.2, 0) is 0 Å². The number of rotatable bonds is 2. The number of H-pyrrole nitrogens is 1. The Morgan fingerprint density at radius 1 is 1.09 bits per heavy atom. The van der Waals surface area contributed by atoms with Gasteiger partial charge < -0.3 is 25.1 Å². The molecule has 116 valence electrons. The third-order valence-electron chi connectivity index (χ3n) is 3.68. The zero-order valence-electron chi connectivity index (χ0n) is 12.5. The number of hydrogen-bond donors (Lipinski definition) is 3. The summed E-state index contributed by atoms with van der Waals surface area (Å²) in [6.45, 7) is 2.19. The minimum absolute atomic E-state index is 0.208. The molecule has 6 nitrogen and oxygen atoms in total. The van der Waals surface area contributed by atoms with Gasteiger partial charge in [-0.25, -0.2) is 4.79 Å². The summed E-state index contributed by atoms with van der Waals surface area (Å²) >= 11 is 0. The first-order chi connectivity index (χ1) is 11.2. The molecule has 0 aliphatic carbocycles. The average molecular weight is 309 g/mol. The number of nitrogens with one attached hydrogen (secondary N) is 3. The van der Waals surface area contributed by atoms with Crippen molar-refractivity contribution in [3.63, 3.8) is 0 Å². The van der Waals surface area contributed by atoms with Gasteiger partial charge in [0.05, 0.1) is 5.69 Å². The van der Waals surface area contributed by atoms with Gasteiger partial charge in [0.15, 0.2) is 11.5 Å². The van der Waals surface area contributed by atoms with Crippen molar-refractivity contribution in [2.24, 2.45) is 0 Å². The van der Waals surface area contributed by atoms with Gasteiger partial charge in [-0.3, -0.25) is 0 Å². The second kappa shape index (κ2) is 5.24. The molecule has 6 heteroatoms. The van der Waals surface area contributed by atoms with Gasteiger partial charge in [-0.15, -0.1) is 0 Å². The summed E-state index contributed by atoms with van der Waals surface area (Å²) < 4.78 is 10.6. The number of ether oxygens (including phenoxy) is 2. The Balaban J connectivity index is 1.53. The highest BCUT2D eigenvalue weighted by molar-refractivity contribution is 6.05. The first-order valence-corrected chi connectivity index (χ1v) is 7.25. The summed E-state index contributed by atoms with van der Waals surface area (Å²) in [5, 5.41) is 6.65. The number of fused-ring (bicyclic) bond motifs is 2. The van der Waals surface area contributed by atoms with Crippen LogP contribution in [0.25, 0.3) is 10.9 Å². The molecule has 0 saturated heterocycles. The molecule has 1 aromatic heterocycles. The van der Waals surface area contributed by atoms with E-state index in [1.165, 1.54) is 0 Å². The Morgan fingerprint density at radius 2 is 1.96 bits per heavy atom. The van der Waals surface area contributed by atoms with Crippen molar-refractivity contribution < 1.29 is 14.3 Å². The maximum Gasteiger partial charge on any atom is 0.323 e. The first kappa shape index (κ1) is 13.5. The standard InChI is InChI=1S/C17H15N3O3/c1-10-7-12-13(18-10)3-2-4-14(12)20-17(21)19-11-5-6-15-16(8-11)23-9-22-15/h2-8,18H,9H2,1H3,(H2,19,20,21). The van der Waals surface area contributed by atoms with Crippen LogP contribution in [0.2, 0.25) is 0 Å². The largest absolute Gasteiger partial charge is 0.454 e. The fourth-order valence-electron chi connectivity index (χ4n) is 2.66. The van der Waals surface area contributed by atoms with Crippen molar-refractivity contribution in [2.75, 3.05) is 17.4 Å². The van der Waals surface area contributed by atoms with Crippen LogP contribution in [0.5, 0.6) is 11.5 Å². The highest BCUT2D eigenvalue weighted by Crippen LogP contribution is 2.34. The monoisotopic (exact) mass is 309 g/mol. The fourth-order valence-corrected chi connectivity index (χ4v) is 2.66. The van der Waals surface area contributed by atoms with Crippen LogP contribution >= 0.6 is 0 Å². The van der Waals surface area contributed by atoms with Crippen LogP contribution in [-0.4, -0.2) is 17.8 Å². The highest BCUT2D eigenvalue weighted by atomic mass is 16.7. The lowest BCUT2D eigenvalue weighted by atomic mass is 10.2. The maximum absolute atomic E-state index is 12.2. The molecule has 0 radical (unpaired) electrons. The molecule has 2 heterocycles. The van der Waals surface area contributed by atoms with E-state index in [1.54, 1.807) is 18.2 Å². The summed E-state index contributed by atoms with van der Waals surface area (Å²) in [5.41, 5.74) is 3.43. The zero-order valence-corrected chi connectivity index (χ0v) is 12.5. The van der Waals surface area contributed by atoms with E-state index < -0.39 is 0 Å². The molecule has 0 spiro atoms. The van der Waals surface area contributed by atoms with E-state index in [1.807, 2.05) is 31.2 Å². The zero-order chi connectivity index (χ0) is 15.8. The summed E-state index contributed by atoms with van der Waals surface area (Å²) in [5.74, 6) is 1.31. The molecule has 1 aliphatic rings. The maximum atomic E-state index is 12.2. The number of hydrogen-bond acceptors (Lipinski definition) is 3. The van der Waals surface area contributed by atoms with Crippen molar-refractivity contribution in [2.45, 2.75) is 6.92 Å². The molecule has 0 atom stereocenters. The van der Waals surface area contributed by atoms with E-state index in [0.29, 0.717) is 17.2 Å². The molecule has 0 fully saturated rings. The molecule has 3 N–H and O–H groups in total. The quantitative estimate of drug-likeness (QED) is 0.673. The minimum atomic E-state index is -0.310. The number of aromatic nitrogens is 1. The molecule has 1 aliphatic heterocycles. The molecule has 2 amide bonds. The van der Waals surface area contributed by atoms with Gasteiger partial charge in [0.25, 0.3) is 0 Å². The van der Waals surface area contributed by atoms with Crippen molar-refractivity contribution in [1.82, 2.24) is 4.98 Å². The topological polar surface area (TPSA) is 75.4 Å². The number of aromatic amines is 1. The number of benzene rings is 2. The average Bonchev–Trinajstić information content (AvgIpc) is 3.12. The van der Waals surface area contributed by atoms with Crippen LogP contribution in [0.3, 0.4) is 0 Å². The highest BCUT2D eigenvalue weighted by Gasteiger charge is 2.14. The molecule has 23 heavy (non-hydrogen) atoms. The van der Waals surface area contributed by atoms with Gasteiger partial charge in [-0.2, -0.15) is 0 Å². The van der Waals surface area contributed by atoms with Gasteiger partial charge in [-0.1, -0.05) is 6.07 Å². The predicted octanol–water partition coefficient (Wildman–Crippen LogP) is 3.85. The molecular formula is C17H15N3O3. The summed E-state index contributed by atoms with van der Waals surface area (Å²) in [6.07, 6.45) is 0. The molecule has 0 unspecified atom stereocenters. The van der Waals surface area contributed by atoms with Crippen LogP contribution < -0.4 is 20.1 Å². The lowest BCUT2D eigenvalue weighted by Gasteiger charge is -2.09. The number of aryl methyl sites for hydroxylation is 1. The lowest BCUT2D eigenvalue weighted by Crippen LogP contribution is -2.19. The van der Waals surface area contributed by atoms with E-state index in [0.717, 1.165) is 22.3 Å². The summed E-state index contributed by atoms with van der Waals surface area (Å²) in [6, 6.07) is 12.7. The third-order valence-corrected chi connectivity index (χ3v) is 3.68. The number of anilines is 2. The first-order valence-electron chi connectivity index (χ1n) is 7.25. The third kappa shape index (κ3) is 2.55. The molecule has 3 aromatic rings. The lowest BCUT2D eigenvalue weighted by molar-refractivity contribution is 0.174. The van der Waals surface area contributed by atoms with Gasteiger partial charge in [0.1, 0.15) is 0 Å². The molecule has 4 rings (SSSR count). The summed E-state index contributed by atoms with van der Waals surface area (Å²) in [7, 11) is 0. The van der Waals surface area contributed by atoms with E-state index in [9.17, 15) is 4.79 Å². The molecule has 0 bridgehead atoms. The van der Waals surface area contributed by atoms with Crippen molar-refractivity contribution in [1.29, 1.82) is 0 Å². The SMILES string of the molecule is Cc1cc2c(NC(=O)Nc3ccc4c(c3)OCO4)cccc2[nH]1. The summed E-state index contributed by atoms with van der Waals surface area (Å²) in [4.78, 5) is 15.5. The smallest absolute Gasteiger partial charge is 0.323 e. The fraction of sp³-hybridized carbons (Fsp3) is 0.118. The predicted molar refractivity (Wildman–Crippen MR) is 88.2 cm³/mol. The Kier molecular flexibility index (Phi) is 3.08. The van der Waals surface area contributed by atoms with Gasteiger partial charge in [0.2, 0.25) is 6.79 Å². The molecule has 0 saturated carbocycles. The van der Waals surface area contributed by atoms with Crippen LogP contribution in [0.1, 0.15) is 5.69 Å². The van der Waals surface area contributed by atoms with Crippen molar-refractivity contribution in [3.05, 3.63) is 48.2 Å². The van der Waals surface area contributed by atoms with Gasteiger partial charge >= 0.3 is 6.03 Å². The van der Waals surface area contributed by atoms with Crippen LogP contribution in [0.15, 0.2) is 42.5 Å². The van der Waals surface area contributed by atoms with Gasteiger partial charge in [0, 0.05) is 28.4 Å². The van der Waals surface area contributed by atoms with E-state index >= 15 is 0 Å². The Hall–Kier alpha value is -3.15. The number of amides is 2. The molecular weight excluding hydrogens is 294 g/mol. The number of carbonyl (C=O) groups excluding carboxylic acids is 1. The second-order valence-electron chi connectivity index (χ2n) is 5.37. The normalized spacial score (nSPS) is 12.4. The Morgan fingerprint density at radius 3 is 2.87 bits per heavy atom. The van der Waals surface area contributed by atoms with Crippen molar-refractivity contribution >= 4 is 28.3 Å². The van der Waals surface area contributed by atoms with Crippen LogP contribution in [0, 0.1) is 6.92 Å². The second-order valence-corrected chi connectivity index (χ2v) is 5.37. The van der Waals surface area contributed by atoms with E-state index in [4.69, 9.17) is 9.47 Å². The van der Waals surface area contributed by atoms with Crippen LogP contribution in [0.4, 0.5) is 16.2 Å². The molecule has 2 aromatic carbocycles. The number of urea groups is 1. The van der Waals surface area contributed by atoms with Crippen molar-refractivity contribution in [3.8, 4) is 11.5 Å². The van der Waals surface area contributed by atoms with E-state index in [-0.39, 0.29) is 12.8 Å².